The van der Waals surface area contributed by atoms with E-state index < -0.39 is 0 Å². The van der Waals surface area contributed by atoms with Gasteiger partial charge in [0.25, 0.3) is 0 Å². The van der Waals surface area contributed by atoms with Crippen molar-refractivity contribution >= 4 is 17.4 Å². The third-order valence-corrected chi connectivity index (χ3v) is 5.12. The first kappa shape index (κ1) is 14.9. The van der Waals surface area contributed by atoms with Gasteiger partial charge in [0.1, 0.15) is 5.75 Å². The van der Waals surface area contributed by atoms with Crippen molar-refractivity contribution in [3.05, 3.63) is 51.7 Å². The molecule has 2 heterocycles. The molecule has 2 amide bonds. The van der Waals surface area contributed by atoms with Crippen LogP contribution in [-0.2, 0) is 13.0 Å². The number of carbonyl (C=O) groups excluding carboxylic acids is 1. The highest BCUT2D eigenvalue weighted by Gasteiger charge is 2.30. The third-order valence-electron chi connectivity index (χ3n) is 4.12. The number of nitrogens with one attached hydrogen (secondary N) is 1. The fourth-order valence-electron chi connectivity index (χ4n) is 2.97. The molecule has 0 bridgehead atoms. The van der Waals surface area contributed by atoms with Crippen molar-refractivity contribution in [2.75, 3.05) is 6.54 Å². The average molecular weight is 316 g/mol. The number of nitrogens with zero attached hydrogens (tertiary/aromatic N) is 1. The van der Waals surface area contributed by atoms with E-state index in [4.69, 9.17) is 0 Å². The van der Waals surface area contributed by atoms with Crippen LogP contribution in [0.25, 0.3) is 0 Å². The Kier molecular flexibility index (Phi) is 4.34. The van der Waals surface area contributed by atoms with Gasteiger partial charge in [0.15, 0.2) is 0 Å². The number of urea groups is 1. The van der Waals surface area contributed by atoms with Gasteiger partial charge in [-0.25, -0.2) is 4.79 Å². The molecule has 2 aromatic rings. The number of aromatic hydroxyl groups is 1. The second kappa shape index (κ2) is 6.40. The van der Waals surface area contributed by atoms with E-state index in [1.807, 2.05) is 17.0 Å². The van der Waals surface area contributed by atoms with Crippen LogP contribution in [0.5, 0.6) is 5.75 Å². The number of thiophene rings is 1. The maximum Gasteiger partial charge on any atom is 0.318 e. The Morgan fingerprint density at radius 1 is 1.36 bits per heavy atom. The monoisotopic (exact) mass is 316 g/mol. The zero-order chi connectivity index (χ0) is 15.5. The van der Waals surface area contributed by atoms with Gasteiger partial charge in [0.05, 0.1) is 6.04 Å². The molecule has 5 heteroatoms. The summed E-state index contributed by atoms with van der Waals surface area (Å²) in [6.45, 7) is 3.37. The molecule has 0 radical (unpaired) electrons. The van der Waals surface area contributed by atoms with Crippen LogP contribution < -0.4 is 5.32 Å². The van der Waals surface area contributed by atoms with Crippen LogP contribution in [0, 0.1) is 0 Å². The van der Waals surface area contributed by atoms with E-state index in [1.165, 1.54) is 10.4 Å². The predicted octanol–water partition coefficient (Wildman–Crippen LogP) is 3.67. The molecule has 1 aliphatic heterocycles. The lowest BCUT2D eigenvalue weighted by molar-refractivity contribution is 0.167. The SMILES string of the molecule is CC[C@H]1c2ccsc2CCN1C(=O)NCc1ccc(O)cc1. The minimum atomic E-state index is -0.0169. The first-order chi connectivity index (χ1) is 10.7. The van der Waals surface area contributed by atoms with E-state index in [-0.39, 0.29) is 17.8 Å². The minimum absolute atomic E-state index is 0.0169. The lowest BCUT2D eigenvalue weighted by Crippen LogP contribution is -2.44. The summed E-state index contributed by atoms with van der Waals surface area (Å²) in [5.41, 5.74) is 2.28. The number of amides is 2. The molecule has 116 valence electrons. The molecule has 1 aromatic carbocycles. The van der Waals surface area contributed by atoms with Crippen LogP contribution in [0.15, 0.2) is 35.7 Å². The van der Waals surface area contributed by atoms with E-state index in [9.17, 15) is 9.90 Å². The van der Waals surface area contributed by atoms with Gasteiger partial charge in [-0.05, 0) is 47.5 Å². The number of phenolic OH excluding ortho intramolecular Hbond substituents is 1. The van der Waals surface area contributed by atoms with Crippen molar-refractivity contribution in [2.45, 2.75) is 32.4 Å². The van der Waals surface area contributed by atoms with E-state index in [0.717, 1.165) is 24.9 Å². The number of benzene rings is 1. The Hall–Kier alpha value is -2.01. The van der Waals surface area contributed by atoms with E-state index in [0.29, 0.717) is 6.54 Å². The predicted molar refractivity (Wildman–Crippen MR) is 88.1 cm³/mol. The summed E-state index contributed by atoms with van der Waals surface area (Å²) in [6, 6.07) is 9.21. The Morgan fingerprint density at radius 3 is 2.86 bits per heavy atom. The molecule has 1 aromatic heterocycles. The maximum absolute atomic E-state index is 12.5. The quantitative estimate of drug-likeness (QED) is 0.907. The van der Waals surface area contributed by atoms with Crippen LogP contribution in [0.2, 0.25) is 0 Å². The average Bonchev–Trinajstić information content (AvgIpc) is 3.01. The topological polar surface area (TPSA) is 52.6 Å². The fourth-order valence-corrected chi connectivity index (χ4v) is 3.90. The third kappa shape index (κ3) is 2.95. The summed E-state index contributed by atoms with van der Waals surface area (Å²) in [7, 11) is 0. The summed E-state index contributed by atoms with van der Waals surface area (Å²) in [5.74, 6) is 0.238. The Morgan fingerprint density at radius 2 is 2.14 bits per heavy atom. The Labute approximate surface area is 134 Å². The highest BCUT2D eigenvalue weighted by molar-refractivity contribution is 7.10. The number of carbonyl (C=O) groups is 1. The van der Waals surface area contributed by atoms with Crippen molar-refractivity contribution in [1.82, 2.24) is 10.2 Å². The van der Waals surface area contributed by atoms with Crippen LogP contribution in [0.4, 0.5) is 4.79 Å². The fraction of sp³-hybridized carbons (Fsp3) is 0.353. The molecule has 4 nitrogen and oxygen atoms in total. The minimum Gasteiger partial charge on any atom is -0.508 e. The summed E-state index contributed by atoms with van der Waals surface area (Å²) in [6.07, 6.45) is 1.87. The largest absolute Gasteiger partial charge is 0.508 e. The molecule has 1 atom stereocenters. The first-order valence-electron chi connectivity index (χ1n) is 7.57. The molecule has 3 rings (SSSR count). The van der Waals surface area contributed by atoms with Crippen molar-refractivity contribution < 1.29 is 9.90 Å². The lowest BCUT2D eigenvalue weighted by atomic mass is 9.98. The molecule has 0 fully saturated rings. The number of fused-ring (bicyclic) bond motifs is 1. The smallest absolute Gasteiger partial charge is 0.318 e. The van der Waals surface area contributed by atoms with Crippen molar-refractivity contribution in [1.29, 1.82) is 0 Å². The molecular weight excluding hydrogens is 296 g/mol. The van der Waals surface area contributed by atoms with Crippen LogP contribution >= 0.6 is 11.3 Å². The maximum atomic E-state index is 12.5. The van der Waals surface area contributed by atoms with Crippen LogP contribution in [0.3, 0.4) is 0 Å². The van der Waals surface area contributed by atoms with Gasteiger partial charge in [-0.3, -0.25) is 0 Å². The van der Waals surface area contributed by atoms with E-state index in [1.54, 1.807) is 23.5 Å². The van der Waals surface area contributed by atoms with Crippen LogP contribution in [0.1, 0.15) is 35.4 Å². The van der Waals surface area contributed by atoms with Gasteiger partial charge in [-0.2, -0.15) is 0 Å². The molecule has 2 N–H and O–H groups in total. The normalized spacial score (nSPS) is 17.1. The number of hydrogen-bond donors (Lipinski definition) is 2. The summed E-state index contributed by atoms with van der Waals surface area (Å²) in [5, 5.41) is 14.4. The van der Waals surface area contributed by atoms with Crippen molar-refractivity contribution in [3.8, 4) is 5.75 Å². The summed E-state index contributed by atoms with van der Waals surface area (Å²) >= 11 is 1.79. The van der Waals surface area contributed by atoms with Gasteiger partial charge in [0.2, 0.25) is 0 Å². The molecule has 0 spiro atoms. The Balaban J connectivity index is 1.66. The van der Waals surface area contributed by atoms with Gasteiger partial charge < -0.3 is 15.3 Å². The highest BCUT2D eigenvalue weighted by Crippen LogP contribution is 2.35. The lowest BCUT2D eigenvalue weighted by Gasteiger charge is -2.35. The van der Waals surface area contributed by atoms with Crippen molar-refractivity contribution in [3.63, 3.8) is 0 Å². The van der Waals surface area contributed by atoms with Gasteiger partial charge >= 0.3 is 6.03 Å². The first-order valence-corrected chi connectivity index (χ1v) is 8.45. The summed E-state index contributed by atoms with van der Waals surface area (Å²) in [4.78, 5) is 15.9. The molecule has 1 aliphatic rings. The Bertz CT molecular complexity index is 651. The van der Waals surface area contributed by atoms with E-state index >= 15 is 0 Å². The zero-order valence-corrected chi connectivity index (χ0v) is 13.4. The summed E-state index contributed by atoms with van der Waals surface area (Å²) < 4.78 is 0. The molecule has 0 saturated carbocycles. The molecular formula is C17H20N2O2S. The number of phenols is 1. The molecule has 0 aliphatic carbocycles. The van der Waals surface area contributed by atoms with Gasteiger partial charge in [0, 0.05) is 18.0 Å². The van der Waals surface area contributed by atoms with E-state index in [2.05, 4.69) is 23.7 Å². The standard InChI is InChI=1S/C17H20N2O2S/c1-2-15-14-8-10-22-16(14)7-9-19(15)17(21)18-11-12-3-5-13(20)6-4-12/h3-6,8,10,15,20H,2,7,9,11H2,1H3,(H,18,21)/t15-/m0/s1. The second-order valence-electron chi connectivity index (χ2n) is 5.49. The van der Waals surface area contributed by atoms with Crippen molar-refractivity contribution in [2.24, 2.45) is 0 Å². The number of hydrogen-bond acceptors (Lipinski definition) is 3. The molecule has 0 saturated heterocycles. The number of rotatable bonds is 3. The molecule has 22 heavy (non-hydrogen) atoms. The van der Waals surface area contributed by atoms with Gasteiger partial charge in [-0.15, -0.1) is 11.3 Å². The highest BCUT2D eigenvalue weighted by atomic mass is 32.1. The van der Waals surface area contributed by atoms with Gasteiger partial charge in [-0.1, -0.05) is 19.1 Å². The molecule has 0 unspecified atom stereocenters. The van der Waals surface area contributed by atoms with Crippen LogP contribution in [-0.4, -0.2) is 22.6 Å². The second-order valence-corrected chi connectivity index (χ2v) is 6.49. The zero-order valence-electron chi connectivity index (χ0n) is 12.6.